The summed E-state index contributed by atoms with van der Waals surface area (Å²) in [6, 6.07) is 8.43. The summed E-state index contributed by atoms with van der Waals surface area (Å²) in [7, 11) is 1.67. The average molecular weight is 191 g/mol. The second-order valence-corrected chi connectivity index (χ2v) is 3.19. The van der Waals surface area contributed by atoms with Gasteiger partial charge in [-0.1, -0.05) is 18.2 Å². The van der Waals surface area contributed by atoms with Crippen molar-refractivity contribution in [2.45, 2.75) is 13.0 Å². The Morgan fingerprint density at radius 1 is 1.43 bits per heavy atom. The van der Waals surface area contributed by atoms with Crippen LogP contribution in [0.4, 0.5) is 0 Å². The molecule has 0 aliphatic carbocycles. The molecule has 0 saturated carbocycles. The molecule has 0 heterocycles. The van der Waals surface area contributed by atoms with E-state index < -0.39 is 0 Å². The number of hydrogen-bond donors (Lipinski definition) is 1. The Kier molecular flexibility index (Phi) is 4.20. The third kappa shape index (κ3) is 2.89. The van der Waals surface area contributed by atoms with Gasteiger partial charge in [-0.05, 0) is 24.6 Å². The Hall–Kier alpha value is -1.28. The molecule has 2 heteroatoms. The van der Waals surface area contributed by atoms with Crippen LogP contribution in [0.5, 0.6) is 5.75 Å². The van der Waals surface area contributed by atoms with Gasteiger partial charge in [-0.25, -0.2) is 0 Å². The molecule has 1 N–H and O–H groups in total. The van der Waals surface area contributed by atoms with E-state index in [4.69, 9.17) is 4.74 Å². The van der Waals surface area contributed by atoms with E-state index >= 15 is 0 Å². The molecular weight excluding hydrogens is 174 g/mol. The molecule has 76 valence electrons. The second kappa shape index (κ2) is 5.45. The van der Waals surface area contributed by atoms with Crippen molar-refractivity contribution in [1.82, 2.24) is 5.32 Å². The third-order valence-electron chi connectivity index (χ3n) is 2.18. The average Bonchev–Trinajstić information content (AvgIpc) is 2.26. The SMILES string of the molecule is C=CCN[C@@H](C)c1ccc(OC)cc1. The van der Waals surface area contributed by atoms with Crippen molar-refractivity contribution in [2.75, 3.05) is 13.7 Å². The van der Waals surface area contributed by atoms with Gasteiger partial charge in [0.2, 0.25) is 0 Å². The summed E-state index contributed by atoms with van der Waals surface area (Å²) in [5.41, 5.74) is 1.26. The van der Waals surface area contributed by atoms with E-state index in [1.165, 1.54) is 5.56 Å². The summed E-state index contributed by atoms with van der Waals surface area (Å²) in [5, 5.41) is 3.33. The summed E-state index contributed by atoms with van der Waals surface area (Å²) < 4.78 is 5.09. The molecule has 0 aromatic heterocycles. The molecule has 1 rings (SSSR count). The maximum absolute atomic E-state index is 5.09. The number of methoxy groups -OCH3 is 1. The first-order valence-electron chi connectivity index (χ1n) is 4.76. The highest BCUT2D eigenvalue weighted by Crippen LogP contribution is 2.16. The van der Waals surface area contributed by atoms with E-state index in [-0.39, 0.29) is 0 Å². The number of benzene rings is 1. The third-order valence-corrected chi connectivity index (χ3v) is 2.18. The van der Waals surface area contributed by atoms with Crippen LogP contribution in [-0.2, 0) is 0 Å². The molecule has 14 heavy (non-hydrogen) atoms. The molecule has 1 aromatic rings. The zero-order valence-electron chi connectivity index (χ0n) is 8.79. The van der Waals surface area contributed by atoms with Crippen molar-refractivity contribution in [3.8, 4) is 5.75 Å². The summed E-state index contributed by atoms with van der Waals surface area (Å²) in [6.07, 6.45) is 1.86. The molecule has 0 spiro atoms. The van der Waals surface area contributed by atoms with Crippen molar-refractivity contribution < 1.29 is 4.74 Å². The van der Waals surface area contributed by atoms with Crippen molar-refractivity contribution in [2.24, 2.45) is 0 Å². The summed E-state index contributed by atoms with van der Waals surface area (Å²) in [5.74, 6) is 0.893. The van der Waals surface area contributed by atoms with Crippen molar-refractivity contribution in [3.05, 3.63) is 42.5 Å². The Labute approximate surface area is 85.6 Å². The lowest BCUT2D eigenvalue weighted by Crippen LogP contribution is -2.18. The van der Waals surface area contributed by atoms with Crippen molar-refractivity contribution in [3.63, 3.8) is 0 Å². The van der Waals surface area contributed by atoms with Gasteiger partial charge < -0.3 is 10.1 Å². The van der Waals surface area contributed by atoms with E-state index in [1.54, 1.807) is 7.11 Å². The lowest BCUT2D eigenvalue weighted by atomic mass is 10.1. The molecule has 0 bridgehead atoms. The molecular formula is C12H17NO. The van der Waals surface area contributed by atoms with Crippen LogP contribution in [0.2, 0.25) is 0 Å². The molecule has 0 radical (unpaired) electrons. The number of hydrogen-bond acceptors (Lipinski definition) is 2. The zero-order valence-corrected chi connectivity index (χ0v) is 8.79. The molecule has 0 aliphatic rings. The van der Waals surface area contributed by atoms with Crippen molar-refractivity contribution >= 4 is 0 Å². The standard InChI is InChI=1S/C12H17NO/c1-4-9-13-10(2)11-5-7-12(14-3)8-6-11/h4-8,10,13H,1,9H2,2-3H3/t10-/m0/s1. The largest absolute Gasteiger partial charge is 0.497 e. The minimum Gasteiger partial charge on any atom is -0.497 e. The maximum Gasteiger partial charge on any atom is 0.118 e. The second-order valence-electron chi connectivity index (χ2n) is 3.19. The molecule has 0 aliphatic heterocycles. The quantitative estimate of drug-likeness (QED) is 0.722. The number of rotatable bonds is 5. The fraction of sp³-hybridized carbons (Fsp3) is 0.333. The van der Waals surface area contributed by atoms with Gasteiger partial charge in [-0.3, -0.25) is 0 Å². The highest BCUT2D eigenvalue weighted by molar-refractivity contribution is 5.28. The molecule has 1 aromatic carbocycles. The smallest absolute Gasteiger partial charge is 0.118 e. The normalized spacial score (nSPS) is 12.1. The van der Waals surface area contributed by atoms with E-state index in [0.29, 0.717) is 6.04 Å². The highest BCUT2D eigenvalue weighted by atomic mass is 16.5. The fourth-order valence-electron chi connectivity index (χ4n) is 1.27. The number of nitrogens with one attached hydrogen (secondary N) is 1. The monoisotopic (exact) mass is 191 g/mol. The highest BCUT2D eigenvalue weighted by Gasteiger charge is 2.02. The van der Waals surface area contributed by atoms with Crippen LogP contribution in [-0.4, -0.2) is 13.7 Å². The molecule has 0 saturated heterocycles. The molecule has 1 atom stereocenters. The van der Waals surface area contributed by atoms with Gasteiger partial charge in [0.1, 0.15) is 5.75 Å². The van der Waals surface area contributed by atoms with Gasteiger partial charge in [0.15, 0.2) is 0 Å². The summed E-state index contributed by atoms with van der Waals surface area (Å²) >= 11 is 0. The van der Waals surface area contributed by atoms with Gasteiger partial charge in [-0.15, -0.1) is 6.58 Å². The first kappa shape index (κ1) is 10.8. The summed E-state index contributed by atoms with van der Waals surface area (Å²) in [4.78, 5) is 0. The van der Waals surface area contributed by atoms with Crippen LogP contribution in [0.1, 0.15) is 18.5 Å². The lowest BCUT2D eigenvalue weighted by Gasteiger charge is -2.12. The van der Waals surface area contributed by atoms with Crippen LogP contribution >= 0.6 is 0 Å². The van der Waals surface area contributed by atoms with Crippen LogP contribution in [0.25, 0.3) is 0 Å². The van der Waals surface area contributed by atoms with Crippen LogP contribution in [0.15, 0.2) is 36.9 Å². The van der Waals surface area contributed by atoms with E-state index in [1.807, 2.05) is 18.2 Å². The number of ether oxygens (including phenoxy) is 1. The Bertz CT molecular complexity index is 279. The zero-order chi connectivity index (χ0) is 10.4. The maximum atomic E-state index is 5.09. The minimum absolute atomic E-state index is 0.346. The van der Waals surface area contributed by atoms with Crippen molar-refractivity contribution in [1.29, 1.82) is 0 Å². The molecule has 0 unspecified atom stereocenters. The fourth-order valence-corrected chi connectivity index (χ4v) is 1.27. The topological polar surface area (TPSA) is 21.3 Å². The summed E-state index contributed by atoms with van der Waals surface area (Å²) in [6.45, 7) is 6.63. The van der Waals surface area contributed by atoms with Gasteiger partial charge in [0.25, 0.3) is 0 Å². The Balaban J connectivity index is 2.61. The minimum atomic E-state index is 0.346. The predicted molar refractivity (Wildman–Crippen MR) is 59.6 cm³/mol. The first-order chi connectivity index (χ1) is 6.77. The van der Waals surface area contributed by atoms with Gasteiger partial charge in [0, 0.05) is 12.6 Å². The van der Waals surface area contributed by atoms with Gasteiger partial charge in [0.05, 0.1) is 7.11 Å². The molecule has 0 amide bonds. The Morgan fingerprint density at radius 3 is 2.57 bits per heavy atom. The Morgan fingerprint density at radius 2 is 2.07 bits per heavy atom. The van der Waals surface area contributed by atoms with E-state index in [9.17, 15) is 0 Å². The van der Waals surface area contributed by atoms with Gasteiger partial charge >= 0.3 is 0 Å². The van der Waals surface area contributed by atoms with E-state index in [0.717, 1.165) is 12.3 Å². The first-order valence-corrected chi connectivity index (χ1v) is 4.76. The van der Waals surface area contributed by atoms with Crippen LogP contribution in [0.3, 0.4) is 0 Å². The lowest BCUT2D eigenvalue weighted by molar-refractivity contribution is 0.414. The van der Waals surface area contributed by atoms with Crippen LogP contribution < -0.4 is 10.1 Å². The molecule has 2 nitrogen and oxygen atoms in total. The van der Waals surface area contributed by atoms with E-state index in [2.05, 4.69) is 31.0 Å². The predicted octanol–water partition coefficient (Wildman–Crippen LogP) is 2.53. The van der Waals surface area contributed by atoms with Gasteiger partial charge in [-0.2, -0.15) is 0 Å². The van der Waals surface area contributed by atoms with Crippen LogP contribution in [0, 0.1) is 0 Å². The molecule has 0 fully saturated rings.